The Labute approximate surface area is 169 Å². The van der Waals surface area contributed by atoms with E-state index in [1.165, 1.54) is 24.3 Å². The smallest absolute Gasteiger partial charge is 0.261 e. The van der Waals surface area contributed by atoms with Crippen molar-refractivity contribution in [3.63, 3.8) is 0 Å². The fourth-order valence-electron chi connectivity index (χ4n) is 2.55. The molecule has 2 N–H and O–H groups in total. The average molecular weight is 415 g/mol. The molecule has 0 aliphatic heterocycles. The first-order valence-corrected chi connectivity index (χ1v) is 10.4. The van der Waals surface area contributed by atoms with Crippen LogP contribution in [0.1, 0.15) is 21.5 Å². The van der Waals surface area contributed by atoms with Gasteiger partial charge in [0.25, 0.3) is 15.9 Å². The third kappa shape index (κ3) is 5.12. The first kappa shape index (κ1) is 19.9. The quantitative estimate of drug-likeness (QED) is 0.628. The lowest BCUT2D eigenvalue weighted by Gasteiger charge is -2.09. The summed E-state index contributed by atoms with van der Waals surface area (Å²) in [6.45, 7) is 2.25. The number of hydrogen-bond acceptors (Lipinski definition) is 3. The molecule has 0 fully saturated rings. The molecule has 0 bridgehead atoms. The SMILES string of the molecule is Cc1ccc(NS(=O)(=O)c2ccc(C(=O)NCc3cccc(Cl)c3)cc2)cc1. The molecule has 0 heterocycles. The van der Waals surface area contributed by atoms with E-state index in [9.17, 15) is 13.2 Å². The lowest BCUT2D eigenvalue weighted by atomic mass is 10.2. The topological polar surface area (TPSA) is 75.3 Å². The van der Waals surface area contributed by atoms with Crippen LogP contribution in [0.2, 0.25) is 5.02 Å². The van der Waals surface area contributed by atoms with Crippen molar-refractivity contribution < 1.29 is 13.2 Å². The second-order valence-corrected chi connectivity index (χ2v) is 8.43. The van der Waals surface area contributed by atoms with E-state index in [0.717, 1.165) is 11.1 Å². The highest BCUT2D eigenvalue weighted by molar-refractivity contribution is 7.92. The molecule has 144 valence electrons. The Morgan fingerprint density at radius 1 is 0.964 bits per heavy atom. The number of nitrogens with one attached hydrogen (secondary N) is 2. The molecule has 0 spiro atoms. The third-order valence-corrected chi connectivity index (χ3v) is 5.70. The second kappa shape index (κ2) is 8.46. The van der Waals surface area contributed by atoms with Gasteiger partial charge in [-0.1, -0.05) is 41.4 Å². The number of amides is 1. The maximum atomic E-state index is 12.5. The minimum atomic E-state index is -3.73. The standard InChI is InChI=1S/C21H19ClN2O3S/c1-15-5-9-19(10-6-15)24-28(26,27)20-11-7-17(8-12-20)21(25)23-14-16-3-2-4-18(22)13-16/h2-13,24H,14H2,1H3,(H,23,25). The van der Waals surface area contributed by atoms with Crippen LogP contribution < -0.4 is 10.0 Å². The minimum Gasteiger partial charge on any atom is -0.348 e. The van der Waals surface area contributed by atoms with Gasteiger partial charge in [0.2, 0.25) is 0 Å². The number of benzene rings is 3. The van der Waals surface area contributed by atoms with Gasteiger partial charge in [-0.3, -0.25) is 9.52 Å². The van der Waals surface area contributed by atoms with E-state index in [1.54, 1.807) is 24.3 Å². The van der Waals surface area contributed by atoms with Gasteiger partial charge < -0.3 is 5.32 Å². The normalized spacial score (nSPS) is 11.1. The van der Waals surface area contributed by atoms with Gasteiger partial charge in [-0.25, -0.2) is 8.42 Å². The lowest BCUT2D eigenvalue weighted by Crippen LogP contribution is -2.23. The molecule has 5 nitrogen and oxygen atoms in total. The number of hydrogen-bond donors (Lipinski definition) is 2. The summed E-state index contributed by atoms with van der Waals surface area (Å²) in [5.41, 5.74) is 2.77. The molecule has 0 aliphatic carbocycles. The zero-order chi connectivity index (χ0) is 20.1. The van der Waals surface area contributed by atoms with Crippen LogP contribution in [0.5, 0.6) is 0 Å². The molecule has 3 rings (SSSR count). The first-order valence-electron chi connectivity index (χ1n) is 8.56. The third-order valence-electron chi connectivity index (χ3n) is 4.07. The second-order valence-electron chi connectivity index (χ2n) is 6.31. The number of carbonyl (C=O) groups is 1. The summed E-state index contributed by atoms with van der Waals surface area (Å²) >= 11 is 5.93. The molecule has 0 saturated heterocycles. The van der Waals surface area contributed by atoms with Crippen molar-refractivity contribution >= 4 is 33.2 Å². The van der Waals surface area contributed by atoms with E-state index >= 15 is 0 Å². The number of halogens is 1. The van der Waals surface area contributed by atoms with Crippen LogP contribution >= 0.6 is 11.6 Å². The predicted molar refractivity (Wildman–Crippen MR) is 111 cm³/mol. The Morgan fingerprint density at radius 2 is 1.64 bits per heavy atom. The Bertz CT molecular complexity index is 1080. The molecule has 0 aliphatic rings. The van der Waals surface area contributed by atoms with Crippen molar-refractivity contribution in [2.24, 2.45) is 0 Å². The van der Waals surface area contributed by atoms with Crippen molar-refractivity contribution in [1.82, 2.24) is 5.32 Å². The van der Waals surface area contributed by atoms with E-state index < -0.39 is 10.0 Å². The maximum absolute atomic E-state index is 12.5. The van der Waals surface area contributed by atoms with Gasteiger partial charge in [-0.2, -0.15) is 0 Å². The molecule has 3 aromatic carbocycles. The van der Waals surface area contributed by atoms with Crippen molar-refractivity contribution in [3.8, 4) is 0 Å². The van der Waals surface area contributed by atoms with Gasteiger partial charge in [0.05, 0.1) is 4.90 Å². The van der Waals surface area contributed by atoms with Gasteiger partial charge in [0.15, 0.2) is 0 Å². The number of sulfonamides is 1. The minimum absolute atomic E-state index is 0.0828. The monoisotopic (exact) mass is 414 g/mol. The molecular formula is C21H19ClN2O3S. The summed E-state index contributed by atoms with van der Waals surface area (Å²) in [6.07, 6.45) is 0. The molecule has 0 unspecified atom stereocenters. The molecule has 0 aromatic heterocycles. The predicted octanol–water partition coefficient (Wildman–Crippen LogP) is 4.38. The number of rotatable bonds is 6. The molecule has 0 atom stereocenters. The summed E-state index contributed by atoms with van der Waals surface area (Å²) in [5, 5.41) is 3.38. The Morgan fingerprint density at radius 3 is 2.29 bits per heavy atom. The number of aryl methyl sites for hydroxylation is 1. The summed E-state index contributed by atoms with van der Waals surface area (Å²) in [4.78, 5) is 12.4. The van der Waals surface area contributed by atoms with E-state index in [-0.39, 0.29) is 10.8 Å². The van der Waals surface area contributed by atoms with Crippen LogP contribution in [0.15, 0.2) is 77.7 Å². The molecule has 28 heavy (non-hydrogen) atoms. The highest BCUT2D eigenvalue weighted by Crippen LogP contribution is 2.17. The van der Waals surface area contributed by atoms with Gasteiger partial charge >= 0.3 is 0 Å². The van der Waals surface area contributed by atoms with Crippen molar-refractivity contribution in [2.45, 2.75) is 18.4 Å². The fourth-order valence-corrected chi connectivity index (χ4v) is 3.82. The summed E-state index contributed by atoms with van der Waals surface area (Å²) in [7, 11) is -3.73. The highest BCUT2D eigenvalue weighted by Gasteiger charge is 2.15. The maximum Gasteiger partial charge on any atom is 0.261 e. The summed E-state index contributed by atoms with van der Waals surface area (Å²) < 4.78 is 27.5. The van der Waals surface area contributed by atoms with E-state index in [0.29, 0.717) is 22.8 Å². The Balaban J connectivity index is 1.66. The van der Waals surface area contributed by atoms with Crippen LogP contribution in [0.3, 0.4) is 0 Å². The first-order chi connectivity index (χ1) is 13.3. The fraction of sp³-hybridized carbons (Fsp3) is 0.0952. The molecular weight excluding hydrogens is 396 g/mol. The van der Waals surface area contributed by atoms with Crippen LogP contribution in [0, 0.1) is 6.92 Å². The number of carbonyl (C=O) groups excluding carboxylic acids is 1. The van der Waals surface area contributed by atoms with Crippen molar-refractivity contribution in [3.05, 3.63) is 94.5 Å². The molecule has 0 saturated carbocycles. The van der Waals surface area contributed by atoms with Crippen LogP contribution in [-0.2, 0) is 16.6 Å². The average Bonchev–Trinajstić information content (AvgIpc) is 2.68. The molecule has 3 aromatic rings. The Hall–Kier alpha value is -2.83. The molecule has 1 amide bonds. The Kier molecular flexibility index (Phi) is 6.02. The van der Waals surface area contributed by atoms with E-state index in [2.05, 4.69) is 10.0 Å². The van der Waals surface area contributed by atoms with E-state index in [4.69, 9.17) is 11.6 Å². The van der Waals surface area contributed by atoms with Crippen LogP contribution in [0.4, 0.5) is 5.69 Å². The van der Waals surface area contributed by atoms with Gasteiger partial charge in [-0.15, -0.1) is 0 Å². The molecule has 7 heteroatoms. The largest absolute Gasteiger partial charge is 0.348 e. The molecule has 0 radical (unpaired) electrons. The van der Waals surface area contributed by atoms with Crippen LogP contribution in [-0.4, -0.2) is 14.3 Å². The van der Waals surface area contributed by atoms with Gasteiger partial charge in [-0.05, 0) is 61.0 Å². The zero-order valence-corrected chi connectivity index (χ0v) is 16.7. The summed E-state index contributed by atoms with van der Waals surface area (Å²) in [6, 6.07) is 20.0. The zero-order valence-electron chi connectivity index (χ0n) is 15.1. The lowest BCUT2D eigenvalue weighted by molar-refractivity contribution is 0.0951. The van der Waals surface area contributed by atoms with E-state index in [1.807, 2.05) is 31.2 Å². The van der Waals surface area contributed by atoms with Crippen molar-refractivity contribution in [1.29, 1.82) is 0 Å². The van der Waals surface area contributed by atoms with Crippen LogP contribution in [0.25, 0.3) is 0 Å². The van der Waals surface area contributed by atoms with Crippen molar-refractivity contribution in [2.75, 3.05) is 4.72 Å². The van der Waals surface area contributed by atoms with Gasteiger partial charge in [0, 0.05) is 22.8 Å². The highest BCUT2D eigenvalue weighted by atomic mass is 35.5. The van der Waals surface area contributed by atoms with Gasteiger partial charge in [0.1, 0.15) is 0 Å². The summed E-state index contributed by atoms with van der Waals surface area (Å²) in [5.74, 6) is -0.296. The number of anilines is 1.